The first kappa shape index (κ1) is 11.6. The summed E-state index contributed by atoms with van der Waals surface area (Å²) < 4.78 is 2.01. The second-order valence-electron chi connectivity index (χ2n) is 4.60. The van der Waals surface area contributed by atoms with Gasteiger partial charge in [-0.1, -0.05) is 38.1 Å². The summed E-state index contributed by atoms with van der Waals surface area (Å²) in [6.07, 6.45) is 3.64. The highest BCUT2D eigenvalue weighted by Crippen LogP contribution is 2.15. The van der Waals surface area contributed by atoms with E-state index >= 15 is 0 Å². The number of hydrogen-bond donors (Lipinski definition) is 0. The second-order valence-corrected chi connectivity index (χ2v) is 4.60. The van der Waals surface area contributed by atoms with Crippen molar-refractivity contribution in [1.29, 1.82) is 0 Å². The highest BCUT2D eigenvalue weighted by Gasteiger charge is 1.99. The molecule has 0 aliphatic carbocycles. The van der Waals surface area contributed by atoms with E-state index in [1.807, 2.05) is 17.0 Å². The summed E-state index contributed by atoms with van der Waals surface area (Å²) in [7, 11) is 0. The minimum atomic E-state index is 0.0522. The largest absolute Gasteiger partial charge is 0.350 e. The number of pyridine rings is 1. The summed E-state index contributed by atoms with van der Waals surface area (Å²) in [6, 6.07) is 11.8. The van der Waals surface area contributed by atoms with Crippen LogP contribution < -0.4 is 5.43 Å². The van der Waals surface area contributed by atoms with Gasteiger partial charge in [-0.3, -0.25) is 4.79 Å². The van der Waals surface area contributed by atoms with Gasteiger partial charge in [-0.05, 0) is 17.0 Å². The lowest BCUT2D eigenvalue weighted by atomic mass is 10.0. The van der Waals surface area contributed by atoms with Crippen molar-refractivity contribution in [3.8, 4) is 0 Å². The van der Waals surface area contributed by atoms with Crippen molar-refractivity contribution in [2.75, 3.05) is 0 Å². The Morgan fingerprint density at radius 2 is 1.59 bits per heavy atom. The quantitative estimate of drug-likeness (QED) is 0.790. The zero-order valence-electron chi connectivity index (χ0n) is 10.3. The fraction of sp³-hybridized carbons (Fsp3) is 0.267. The number of hydrogen-bond acceptors (Lipinski definition) is 1. The molecule has 1 heterocycles. The molecule has 17 heavy (non-hydrogen) atoms. The smallest absolute Gasteiger partial charge is 0.181 e. The van der Waals surface area contributed by atoms with E-state index in [-0.39, 0.29) is 5.43 Å². The Morgan fingerprint density at radius 3 is 2.12 bits per heavy atom. The maximum atomic E-state index is 11.0. The zero-order valence-corrected chi connectivity index (χ0v) is 10.3. The molecule has 2 aromatic rings. The van der Waals surface area contributed by atoms with E-state index in [1.54, 1.807) is 12.1 Å². The van der Waals surface area contributed by atoms with Crippen LogP contribution in [-0.2, 0) is 6.54 Å². The standard InChI is InChI=1S/C15H17NO/c1-12(2)14-5-3-13(4-6-14)11-16-9-7-15(17)8-10-16/h3-10,12H,11H2,1-2H3. The van der Waals surface area contributed by atoms with E-state index in [4.69, 9.17) is 0 Å². The fourth-order valence-electron chi connectivity index (χ4n) is 1.77. The molecule has 0 atom stereocenters. The summed E-state index contributed by atoms with van der Waals surface area (Å²) in [5.74, 6) is 0.566. The third-order valence-electron chi connectivity index (χ3n) is 2.87. The third kappa shape index (κ3) is 3.06. The lowest BCUT2D eigenvalue weighted by molar-refractivity contribution is 0.786. The van der Waals surface area contributed by atoms with Crippen molar-refractivity contribution in [2.45, 2.75) is 26.3 Å². The maximum absolute atomic E-state index is 11.0. The molecule has 0 spiro atoms. The molecular weight excluding hydrogens is 210 g/mol. The Labute approximate surface area is 102 Å². The van der Waals surface area contributed by atoms with E-state index < -0.39 is 0 Å². The van der Waals surface area contributed by atoms with Gasteiger partial charge in [0, 0.05) is 31.1 Å². The van der Waals surface area contributed by atoms with E-state index in [0.717, 1.165) is 6.54 Å². The molecule has 0 unspecified atom stereocenters. The Bertz CT molecular complexity index is 517. The summed E-state index contributed by atoms with van der Waals surface area (Å²) in [6.45, 7) is 5.19. The summed E-state index contributed by atoms with van der Waals surface area (Å²) in [4.78, 5) is 11.0. The van der Waals surface area contributed by atoms with E-state index in [1.165, 1.54) is 11.1 Å². The van der Waals surface area contributed by atoms with E-state index in [9.17, 15) is 4.79 Å². The molecule has 2 heteroatoms. The molecule has 2 nitrogen and oxygen atoms in total. The van der Waals surface area contributed by atoms with Gasteiger partial charge in [-0.15, -0.1) is 0 Å². The van der Waals surface area contributed by atoms with Crippen molar-refractivity contribution in [3.05, 3.63) is 70.1 Å². The van der Waals surface area contributed by atoms with Gasteiger partial charge in [-0.25, -0.2) is 0 Å². The highest BCUT2D eigenvalue weighted by atomic mass is 16.1. The van der Waals surface area contributed by atoms with Gasteiger partial charge in [-0.2, -0.15) is 0 Å². The first-order valence-electron chi connectivity index (χ1n) is 5.90. The SMILES string of the molecule is CC(C)c1ccc(Cn2ccc(=O)cc2)cc1. The van der Waals surface area contributed by atoms with Crippen LogP contribution in [-0.4, -0.2) is 4.57 Å². The normalized spacial score (nSPS) is 10.8. The molecule has 0 N–H and O–H groups in total. The maximum Gasteiger partial charge on any atom is 0.181 e. The van der Waals surface area contributed by atoms with Crippen molar-refractivity contribution >= 4 is 0 Å². The van der Waals surface area contributed by atoms with E-state index in [2.05, 4.69) is 38.1 Å². The lowest BCUT2D eigenvalue weighted by Gasteiger charge is -2.08. The minimum Gasteiger partial charge on any atom is -0.350 e. The van der Waals surface area contributed by atoms with Crippen molar-refractivity contribution in [2.24, 2.45) is 0 Å². The van der Waals surface area contributed by atoms with Crippen LogP contribution in [0.4, 0.5) is 0 Å². The molecule has 0 aliphatic heterocycles. The summed E-state index contributed by atoms with van der Waals surface area (Å²) >= 11 is 0. The molecular formula is C15H17NO. The average molecular weight is 227 g/mol. The van der Waals surface area contributed by atoms with Gasteiger partial charge >= 0.3 is 0 Å². The van der Waals surface area contributed by atoms with Crippen LogP contribution in [0.15, 0.2) is 53.6 Å². The van der Waals surface area contributed by atoms with Gasteiger partial charge in [0.25, 0.3) is 0 Å². The Balaban J connectivity index is 2.13. The number of aromatic nitrogens is 1. The number of benzene rings is 1. The van der Waals surface area contributed by atoms with Crippen LogP contribution in [0.1, 0.15) is 30.9 Å². The summed E-state index contributed by atoms with van der Waals surface area (Å²) in [5, 5.41) is 0. The molecule has 1 aromatic heterocycles. The van der Waals surface area contributed by atoms with Crippen LogP contribution in [0.3, 0.4) is 0 Å². The molecule has 2 rings (SSSR count). The first-order chi connectivity index (χ1) is 8.15. The second kappa shape index (κ2) is 5.00. The molecule has 0 bridgehead atoms. The number of nitrogens with zero attached hydrogens (tertiary/aromatic N) is 1. The van der Waals surface area contributed by atoms with Crippen LogP contribution in [0.5, 0.6) is 0 Å². The van der Waals surface area contributed by atoms with Gasteiger partial charge in [0.05, 0.1) is 0 Å². The molecule has 0 saturated heterocycles. The number of rotatable bonds is 3. The van der Waals surface area contributed by atoms with Crippen molar-refractivity contribution < 1.29 is 0 Å². The summed E-state index contributed by atoms with van der Waals surface area (Å²) in [5.41, 5.74) is 2.66. The Hall–Kier alpha value is -1.83. The topological polar surface area (TPSA) is 22.0 Å². The van der Waals surface area contributed by atoms with Crippen LogP contribution in [0.25, 0.3) is 0 Å². The molecule has 0 amide bonds. The molecule has 0 radical (unpaired) electrons. The fourth-order valence-corrected chi connectivity index (χ4v) is 1.77. The van der Waals surface area contributed by atoms with Crippen molar-refractivity contribution in [1.82, 2.24) is 4.57 Å². The monoisotopic (exact) mass is 227 g/mol. The van der Waals surface area contributed by atoms with Crippen LogP contribution >= 0.6 is 0 Å². The molecule has 0 saturated carbocycles. The van der Waals surface area contributed by atoms with Crippen LogP contribution in [0.2, 0.25) is 0 Å². The molecule has 0 aliphatic rings. The van der Waals surface area contributed by atoms with Gasteiger partial charge in [0.1, 0.15) is 0 Å². The van der Waals surface area contributed by atoms with Crippen molar-refractivity contribution in [3.63, 3.8) is 0 Å². The van der Waals surface area contributed by atoms with Gasteiger partial charge < -0.3 is 4.57 Å². The Morgan fingerprint density at radius 1 is 1.00 bits per heavy atom. The van der Waals surface area contributed by atoms with Gasteiger partial charge in [0.2, 0.25) is 0 Å². The Kier molecular flexibility index (Phi) is 3.43. The highest BCUT2D eigenvalue weighted by molar-refractivity contribution is 5.24. The predicted octanol–water partition coefficient (Wildman–Crippen LogP) is 3.02. The third-order valence-corrected chi connectivity index (χ3v) is 2.87. The molecule has 0 fully saturated rings. The minimum absolute atomic E-state index is 0.0522. The average Bonchev–Trinajstić information content (AvgIpc) is 2.33. The van der Waals surface area contributed by atoms with Crippen LogP contribution in [0, 0.1) is 0 Å². The zero-order chi connectivity index (χ0) is 12.3. The van der Waals surface area contributed by atoms with Gasteiger partial charge in [0.15, 0.2) is 5.43 Å². The molecule has 88 valence electrons. The molecule has 1 aromatic carbocycles. The lowest BCUT2D eigenvalue weighted by Crippen LogP contribution is -2.04. The van der Waals surface area contributed by atoms with E-state index in [0.29, 0.717) is 5.92 Å². The predicted molar refractivity (Wildman–Crippen MR) is 70.3 cm³/mol. The first-order valence-corrected chi connectivity index (χ1v) is 5.90.